The molecule has 7 unspecified atom stereocenters. The second kappa shape index (κ2) is 6.94. The van der Waals surface area contributed by atoms with Crippen molar-refractivity contribution in [2.45, 2.75) is 103 Å². The van der Waals surface area contributed by atoms with Gasteiger partial charge in [-0.2, -0.15) is 0 Å². The van der Waals surface area contributed by atoms with Crippen molar-refractivity contribution in [1.82, 2.24) is 0 Å². The van der Waals surface area contributed by atoms with Gasteiger partial charge >= 0.3 is 0 Å². The molecular formula is C25H40O. The predicted molar refractivity (Wildman–Crippen MR) is 108 cm³/mol. The molecule has 1 heteroatoms. The zero-order chi connectivity index (χ0) is 17.7. The summed E-state index contributed by atoms with van der Waals surface area (Å²) < 4.78 is 7.43. The van der Waals surface area contributed by atoms with Crippen LogP contribution in [0.2, 0.25) is 0 Å². The lowest BCUT2D eigenvalue weighted by molar-refractivity contribution is -0.209. The van der Waals surface area contributed by atoms with Gasteiger partial charge in [-0.05, 0) is 74.0 Å². The second-order valence-corrected chi connectivity index (χ2v) is 10.8. The van der Waals surface area contributed by atoms with Gasteiger partial charge in [0.15, 0.2) is 0 Å². The Bertz CT molecular complexity index is 520. The Balaban J connectivity index is 1.51. The van der Waals surface area contributed by atoms with E-state index < -0.39 is 0 Å². The SMILES string of the molecule is CC(C)C1CC2CCCCC2C2OC3(C=CC12)C1CCCCC3CCC1. The average Bonchev–Trinajstić information content (AvgIpc) is 2.74. The summed E-state index contributed by atoms with van der Waals surface area (Å²) in [6, 6.07) is 0. The van der Waals surface area contributed by atoms with Crippen LogP contribution in [0.5, 0.6) is 0 Å². The van der Waals surface area contributed by atoms with Crippen LogP contribution in [-0.2, 0) is 4.74 Å². The lowest BCUT2D eigenvalue weighted by Gasteiger charge is -2.58. The summed E-state index contributed by atoms with van der Waals surface area (Å²) in [7, 11) is 0. The largest absolute Gasteiger partial charge is 0.366 e. The Morgan fingerprint density at radius 2 is 1.50 bits per heavy atom. The van der Waals surface area contributed by atoms with Crippen molar-refractivity contribution < 1.29 is 4.74 Å². The van der Waals surface area contributed by atoms with Crippen LogP contribution in [0, 0.1) is 41.4 Å². The van der Waals surface area contributed by atoms with Gasteiger partial charge in [-0.1, -0.05) is 64.5 Å². The van der Waals surface area contributed by atoms with Crippen molar-refractivity contribution in [3.8, 4) is 0 Å². The smallest absolute Gasteiger partial charge is 0.0922 e. The third-order valence-corrected chi connectivity index (χ3v) is 9.35. The molecule has 7 atom stereocenters. The Morgan fingerprint density at radius 1 is 0.846 bits per heavy atom. The molecule has 0 amide bonds. The summed E-state index contributed by atoms with van der Waals surface area (Å²) in [5.41, 5.74) is 0.122. The molecule has 4 aliphatic carbocycles. The first-order valence-electron chi connectivity index (χ1n) is 12.1. The fraction of sp³-hybridized carbons (Fsp3) is 0.920. The quantitative estimate of drug-likeness (QED) is 0.471. The number of hydrogen-bond donors (Lipinski definition) is 0. The summed E-state index contributed by atoms with van der Waals surface area (Å²) in [6.45, 7) is 4.92. The third-order valence-electron chi connectivity index (χ3n) is 9.35. The fourth-order valence-electron chi connectivity index (χ4n) is 8.05. The minimum absolute atomic E-state index is 0.122. The van der Waals surface area contributed by atoms with Crippen molar-refractivity contribution in [3.05, 3.63) is 12.2 Å². The van der Waals surface area contributed by atoms with E-state index in [-0.39, 0.29) is 5.60 Å². The summed E-state index contributed by atoms with van der Waals surface area (Å²) in [5, 5.41) is 0. The first kappa shape index (κ1) is 17.8. The Hall–Kier alpha value is -0.300. The Labute approximate surface area is 161 Å². The Kier molecular flexibility index (Phi) is 4.75. The van der Waals surface area contributed by atoms with Gasteiger partial charge in [-0.15, -0.1) is 0 Å². The zero-order valence-electron chi connectivity index (χ0n) is 17.2. The molecule has 1 spiro atoms. The molecule has 5 aliphatic rings. The lowest BCUT2D eigenvalue weighted by atomic mass is 9.57. The third kappa shape index (κ3) is 2.75. The van der Waals surface area contributed by atoms with E-state index in [2.05, 4.69) is 26.0 Å². The van der Waals surface area contributed by atoms with Gasteiger partial charge in [0.25, 0.3) is 0 Å². The molecule has 1 aliphatic heterocycles. The van der Waals surface area contributed by atoms with Gasteiger partial charge in [-0.25, -0.2) is 0 Å². The topological polar surface area (TPSA) is 9.23 Å². The van der Waals surface area contributed by atoms with E-state index in [4.69, 9.17) is 4.74 Å². The summed E-state index contributed by atoms with van der Waals surface area (Å²) in [5.74, 6) is 5.76. The maximum atomic E-state index is 7.43. The first-order chi connectivity index (χ1) is 12.7. The Morgan fingerprint density at radius 3 is 2.23 bits per heavy atom. The van der Waals surface area contributed by atoms with Crippen LogP contribution in [0.1, 0.15) is 90.9 Å². The van der Waals surface area contributed by atoms with E-state index in [1.807, 2.05) is 0 Å². The van der Waals surface area contributed by atoms with Crippen molar-refractivity contribution in [1.29, 1.82) is 0 Å². The van der Waals surface area contributed by atoms with Crippen molar-refractivity contribution in [3.63, 3.8) is 0 Å². The molecule has 1 heterocycles. The maximum Gasteiger partial charge on any atom is 0.0922 e. The van der Waals surface area contributed by atoms with E-state index >= 15 is 0 Å². The molecule has 5 rings (SSSR count). The van der Waals surface area contributed by atoms with Gasteiger partial charge in [-0.3, -0.25) is 0 Å². The highest BCUT2D eigenvalue weighted by Crippen LogP contribution is 2.57. The van der Waals surface area contributed by atoms with Gasteiger partial charge in [0.05, 0.1) is 11.7 Å². The van der Waals surface area contributed by atoms with Crippen molar-refractivity contribution in [2.75, 3.05) is 0 Å². The molecule has 0 radical (unpaired) electrons. The van der Waals surface area contributed by atoms with Crippen LogP contribution < -0.4 is 0 Å². The maximum absolute atomic E-state index is 7.43. The number of rotatable bonds is 1. The van der Waals surface area contributed by atoms with E-state index in [0.717, 1.165) is 35.5 Å². The van der Waals surface area contributed by atoms with Gasteiger partial charge in [0.2, 0.25) is 0 Å². The highest BCUT2D eigenvalue weighted by molar-refractivity contribution is 5.19. The molecule has 0 aromatic heterocycles. The van der Waals surface area contributed by atoms with Crippen molar-refractivity contribution >= 4 is 0 Å². The molecule has 1 nitrogen and oxygen atoms in total. The molecule has 4 saturated carbocycles. The lowest BCUT2D eigenvalue weighted by Crippen LogP contribution is -2.58. The highest BCUT2D eigenvalue weighted by atomic mass is 16.5. The molecule has 2 bridgehead atoms. The van der Waals surface area contributed by atoms with Crippen molar-refractivity contribution in [2.24, 2.45) is 41.4 Å². The van der Waals surface area contributed by atoms with Crippen LogP contribution in [0.15, 0.2) is 12.2 Å². The first-order valence-corrected chi connectivity index (χ1v) is 12.1. The summed E-state index contributed by atoms with van der Waals surface area (Å²) in [4.78, 5) is 0. The number of fused-ring (bicyclic) bond motifs is 3. The van der Waals surface area contributed by atoms with Gasteiger partial charge in [0, 0.05) is 5.92 Å². The zero-order valence-corrected chi connectivity index (χ0v) is 17.2. The van der Waals surface area contributed by atoms with Gasteiger partial charge in [0.1, 0.15) is 0 Å². The van der Waals surface area contributed by atoms with Crippen LogP contribution in [0.4, 0.5) is 0 Å². The van der Waals surface area contributed by atoms with Crippen LogP contribution in [-0.4, -0.2) is 11.7 Å². The molecule has 4 fully saturated rings. The number of ether oxygens (including phenoxy) is 1. The van der Waals surface area contributed by atoms with E-state index in [1.165, 1.54) is 77.0 Å². The molecule has 26 heavy (non-hydrogen) atoms. The average molecular weight is 357 g/mol. The minimum atomic E-state index is 0.122. The summed E-state index contributed by atoms with van der Waals surface area (Å²) in [6.07, 6.45) is 23.2. The minimum Gasteiger partial charge on any atom is -0.366 e. The molecule has 0 aromatic rings. The summed E-state index contributed by atoms with van der Waals surface area (Å²) >= 11 is 0. The highest BCUT2D eigenvalue weighted by Gasteiger charge is 2.55. The molecular weight excluding hydrogens is 316 g/mol. The molecule has 146 valence electrons. The standard InChI is InChI=1S/C25H40O/c1-17(2)23-16-18-8-3-6-13-21(18)24-22(23)14-15-25(26-24)19-9-4-5-10-20(25)12-7-11-19/h14-15,17-24H,3-13,16H2,1-2H3. The second-order valence-electron chi connectivity index (χ2n) is 10.8. The van der Waals surface area contributed by atoms with E-state index in [0.29, 0.717) is 12.0 Å². The normalized spacial score (nSPS) is 51.0. The molecule has 0 N–H and O–H groups in total. The van der Waals surface area contributed by atoms with E-state index in [1.54, 1.807) is 0 Å². The fourth-order valence-corrected chi connectivity index (χ4v) is 8.05. The van der Waals surface area contributed by atoms with Crippen LogP contribution in [0.3, 0.4) is 0 Å². The molecule has 0 aromatic carbocycles. The molecule has 0 saturated heterocycles. The van der Waals surface area contributed by atoms with Crippen LogP contribution >= 0.6 is 0 Å². The van der Waals surface area contributed by atoms with E-state index in [9.17, 15) is 0 Å². The monoisotopic (exact) mass is 356 g/mol. The predicted octanol–water partition coefficient (Wildman–Crippen LogP) is 6.77. The van der Waals surface area contributed by atoms with Gasteiger partial charge < -0.3 is 4.74 Å². The number of hydrogen-bond acceptors (Lipinski definition) is 1. The van der Waals surface area contributed by atoms with Crippen LogP contribution in [0.25, 0.3) is 0 Å².